The first kappa shape index (κ1) is 5.14. The van der Waals surface area contributed by atoms with Crippen molar-refractivity contribution in [3.63, 3.8) is 0 Å². The molecular formula is C3H4B4. The van der Waals surface area contributed by atoms with Gasteiger partial charge in [-0.15, -0.1) is 0 Å². The van der Waals surface area contributed by atoms with E-state index in [1.807, 2.05) is 19.5 Å². The minimum atomic E-state index is 1.32. The summed E-state index contributed by atoms with van der Waals surface area (Å²) in [4.78, 5) is 0. The van der Waals surface area contributed by atoms with Crippen LogP contribution in [0.25, 0.3) is 0 Å². The summed E-state index contributed by atoms with van der Waals surface area (Å²) in [5.74, 6) is 2.02. The van der Waals surface area contributed by atoms with Crippen LogP contribution in [0.4, 0.5) is 0 Å². The van der Waals surface area contributed by atoms with Crippen LogP contribution in [0.1, 0.15) is 5.35 Å². The van der Waals surface area contributed by atoms with Crippen molar-refractivity contribution in [1.29, 1.82) is 0 Å². The normalized spacial score (nSPS) is 6.43. The van der Waals surface area contributed by atoms with Gasteiger partial charge in [0.25, 0.3) is 0 Å². The van der Waals surface area contributed by atoms with Gasteiger partial charge in [-0.1, -0.05) is 0 Å². The van der Waals surface area contributed by atoms with E-state index in [-0.39, 0.29) is 0 Å². The number of hydrogen-bond donors (Lipinski definition) is 0. The van der Waals surface area contributed by atoms with Gasteiger partial charge in [-0.3, -0.25) is 0 Å². The van der Waals surface area contributed by atoms with Gasteiger partial charge in [-0.2, -0.15) is 0 Å². The predicted molar refractivity (Wildman–Crippen MR) is 36.6 cm³/mol. The Morgan fingerprint density at radius 2 is 1.86 bits per heavy atom. The molecule has 0 fully saturated rings. The van der Waals surface area contributed by atoms with Crippen molar-refractivity contribution in [2.24, 2.45) is 0 Å². The van der Waals surface area contributed by atoms with E-state index >= 15 is 0 Å². The van der Waals surface area contributed by atoms with Crippen LogP contribution in [0, 0.1) is 6.92 Å². The molecule has 0 N–H and O–H groups in total. The quantitative estimate of drug-likeness (QED) is 0.391. The van der Waals surface area contributed by atoms with E-state index in [9.17, 15) is 0 Å². The van der Waals surface area contributed by atoms with E-state index in [1.54, 1.807) is 0 Å². The van der Waals surface area contributed by atoms with Gasteiger partial charge in [0.1, 0.15) is 0 Å². The Balaban J connectivity index is 3.02. The van der Waals surface area contributed by atoms with E-state index in [1.165, 1.54) is 5.35 Å². The Morgan fingerprint density at radius 3 is 2.14 bits per heavy atom. The summed E-state index contributed by atoms with van der Waals surface area (Å²) in [6.07, 6.45) is 0. The van der Waals surface area contributed by atoms with Gasteiger partial charge in [0.05, 0.1) is 0 Å². The zero-order valence-electron chi connectivity index (χ0n) is 4.39. The molecule has 0 aromatic carbocycles. The van der Waals surface area contributed by atoms with Crippen LogP contribution in [-0.4, -0.2) is 27.2 Å². The molecule has 0 nitrogen and oxygen atoms in total. The van der Waals surface area contributed by atoms with Gasteiger partial charge >= 0.3 is 45.3 Å². The van der Waals surface area contributed by atoms with E-state index in [4.69, 9.17) is 0 Å². The van der Waals surface area contributed by atoms with Crippen LogP contribution in [0.3, 0.4) is 0 Å². The molecule has 0 spiro atoms. The molecule has 1 aromatic rings. The second kappa shape index (κ2) is 2.34. The molecule has 0 saturated heterocycles. The van der Waals surface area contributed by atoms with Crippen LogP contribution in [0.15, 0.2) is 5.86 Å². The first-order valence-corrected chi connectivity index (χ1v) is 2.41. The van der Waals surface area contributed by atoms with Crippen LogP contribution >= 0.6 is 0 Å². The molecule has 0 aliphatic rings. The Hall–Kier alpha value is -0.000260. The molecule has 0 radical (unpaired) electrons. The maximum absolute atomic E-state index is 2.08. The first-order chi connectivity index (χ1) is 3.39. The molecule has 4 heteroatoms. The fourth-order valence-electron chi connectivity index (χ4n) is 0.534. The fourth-order valence-corrected chi connectivity index (χ4v) is 0.534. The van der Waals surface area contributed by atoms with Crippen molar-refractivity contribution in [2.75, 3.05) is 0 Å². The first-order valence-electron chi connectivity index (χ1n) is 2.41. The van der Waals surface area contributed by atoms with Gasteiger partial charge < -0.3 is 0 Å². The number of hydrogen-bond acceptors (Lipinski definition) is 0. The molecule has 1 aromatic heterocycles. The summed E-state index contributed by atoms with van der Waals surface area (Å²) in [6, 6.07) is 0. The third-order valence-corrected chi connectivity index (χ3v) is 0.940. The van der Waals surface area contributed by atoms with Crippen molar-refractivity contribution in [1.82, 2.24) is 0 Å². The summed E-state index contributed by atoms with van der Waals surface area (Å²) in [7, 11) is 0. The Morgan fingerprint density at radius 1 is 1.29 bits per heavy atom. The van der Waals surface area contributed by atoms with Crippen molar-refractivity contribution in [3.8, 4) is 0 Å². The minimum absolute atomic E-state index is 1.32. The monoisotopic (exact) mass is 84.1 g/mol. The second-order valence-electron chi connectivity index (χ2n) is 1.65. The summed E-state index contributed by atoms with van der Waals surface area (Å²) in [5, 5.41) is 1.32. The van der Waals surface area contributed by atoms with Gasteiger partial charge in [0, 0.05) is 0 Å². The van der Waals surface area contributed by atoms with Gasteiger partial charge in [-0.25, -0.2) is 0 Å². The van der Waals surface area contributed by atoms with E-state index in [0.717, 1.165) is 0 Å². The van der Waals surface area contributed by atoms with Crippen molar-refractivity contribution < 1.29 is 0 Å². The molecule has 0 amide bonds. The van der Waals surface area contributed by atoms with Gasteiger partial charge in [0.15, 0.2) is 0 Å². The molecule has 0 aliphatic carbocycles. The average Bonchev–Trinajstić information content (AvgIpc) is 1.69. The summed E-state index contributed by atoms with van der Waals surface area (Å²) < 4.78 is 0. The standard InChI is InChI=1S/C3H4B4/c1-3-6-4-2-5-7-3/h2H,1H3. The fraction of sp³-hybridized carbons (Fsp3) is 0.333. The summed E-state index contributed by atoms with van der Waals surface area (Å²) in [5.41, 5.74) is 0. The van der Waals surface area contributed by atoms with Crippen LogP contribution in [-0.2, 0) is 0 Å². The Bertz CT molecular complexity index is 137. The average molecular weight is 83.3 g/mol. The molecule has 0 unspecified atom stereocenters. The molecule has 0 aliphatic heterocycles. The van der Waals surface area contributed by atoms with Crippen LogP contribution in [0.5, 0.6) is 0 Å². The third-order valence-electron chi connectivity index (χ3n) is 0.940. The zero-order chi connectivity index (χ0) is 5.11. The molecular weight excluding hydrogens is 79.3 g/mol. The predicted octanol–water partition coefficient (Wildman–Crippen LogP) is -0.653. The summed E-state index contributed by atoms with van der Waals surface area (Å²) >= 11 is 0. The third kappa shape index (κ3) is 1.50. The van der Waals surface area contributed by atoms with Gasteiger partial charge in [-0.05, 0) is 0 Å². The summed E-state index contributed by atoms with van der Waals surface area (Å²) in [6.45, 7) is 10.3. The number of rotatable bonds is 0. The molecule has 0 bridgehead atoms. The van der Waals surface area contributed by atoms with Crippen molar-refractivity contribution in [2.45, 2.75) is 6.92 Å². The molecule has 0 saturated carbocycles. The second-order valence-corrected chi connectivity index (χ2v) is 1.65. The zero-order valence-corrected chi connectivity index (χ0v) is 4.39. The molecule has 1 rings (SSSR count). The molecule has 7 heavy (non-hydrogen) atoms. The van der Waals surface area contributed by atoms with E-state index in [2.05, 4.69) is 20.5 Å². The van der Waals surface area contributed by atoms with Gasteiger partial charge in [0.2, 0.25) is 0 Å². The van der Waals surface area contributed by atoms with Crippen LogP contribution in [0.2, 0.25) is 0 Å². The maximum atomic E-state index is 2.08. The molecule has 1 heterocycles. The van der Waals surface area contributed by atoms with Crippen molar-refractivity contribution in [3.05, 3.63) is 11.2 Å². The number of aryl methyl sites for hydroxylation is 1. The molecule has 0 atom stereocenters. The topological polar surface area (TPSA) is 0 Å². The van der Waals surface area contributed by atoms with E-state index in [0.29, 0.717) is 0 Å². The Labute approximate surface area is 46.2 Å². The van der Waals surface area contributed by atoms with Crippen LogP contribution < -0.4 is 0 Å². The SMILES string of the molecule is Cc1bbcbb1. The van der Waals surface area contributed by atoms with Crippen molar-refractivity contribution >= 4 is 27.2 Å². The van der Waals surface area contributed by atoms with E-state index < -0.39 is 0 Å². The molecule has 28 valence electrons. The Kier molecular flexibility index (Phi) is 1.72.